The molecule has 0 aromatic heterocycles. The van der Waals surface area contributed by atoms with E-state index in [0.717, 1.165) is 11.1 Å². The normalized spacial score (nSPS) is 18.0. The van der Waals surface area contributed by atoms with E-state index in [-0.39, 0.29) is 17.6 Å². The fourth-order valence-corrected chi connectivity index (χ4v) is 2.44. The highest BCUT2D eigenvalue weighted by Gasteiger charge is 2.26. The Balaban J connectivity index is 2.10. The third kappa shape index (κ3) is 1.84. The van der Waals surface area contributed by atoms with Crippen molar-refractivity contribution in [3.8, 4) is 5.75 Å². The van der Waals surface area contributed by atoms with Crippen LogP contribution in [0, 0.1) is 0 Å². The van der Waals surface area contributed by atoms with Gasteiger partial charge in [-0.05, 0) is 17.2 Å². The van der Waals surface area contributed by atoms with Crippen LogP contribution in [-0.4, -0.2) is 11.0 Å². The molecular formula is C15H13NO2. The largest absolute Gasteiger partial charge is 0.508 e. The van der Waals surface area contributed by atoms with E-state index >= 15 is 0 Å². The lowest BCUT2D eigenvalue weighted by Crippen LogP contribution is -2.23. The van der Waals surface area contributed by atoms with Gasteiger partial charge >= 0.3 is 0 Å². The minimum Gasteiger partial charge on any atom is -0.508 e. The first-order valence-electron chi connectivity index (χ1n) is 5.92. The minimum absolute atomic E-state index is 0.0121. The monoisotopic (exact) mass is 239 g/mol. The van der Waals surface area contributed by atoms with Crippen LogP contribution in [-0.2, 0) is 4.79 Å². The van der Waals surface area contributed by atoms with Crippen LogP contribution in [0.1, 0.15) is 23.5 Å². The average Bonchev–Trinajstić information content (AvgIpc) is 2.38. The van der Waals surface area contributed by atoms with E-state index in [1.54, 1.807) is 12.1 Å². The first-order valence-corrected chi connectivity index (χ1v) is 5.92. The lowest BCUT2D eigenvalue weighted by molar-refractivity contribution is -0.116. The number of hydrogen-bond donors (Lipinski definition) is 2. The molecular weight excluding hydrogens is 226 g/mol. The summed E-state index contributed by atoms with van der Waals surface area (Å²) in [7, 11) is 0. The number of benzene rings is 2. The van der Waals surface area contributed by atoms with Crippen molar-refractivity contribution in [1.82, 2.24) is 0 Å². The van der Waals surface area contributed by atoms with E-state index in [1.165, 1.54) is 0 Å². The zero-order valence-corrected chi connectivity index (χ0v) is 9.76. The molecule has 1 atom stereocenters. The second kappa shape index (κ2) is 4.18. The molecule has 1 unspecified atom stereocenters. The number of anilines is 1. The molecule has 0 radical (unpaired) electrons. The van der Waals surface area contributed by atoms with Crippen molar-refractivity contribution >= 4 is 11.6 Å². The highest BCUT2D eigenvalue weighted by atomic mass is 16.3. The topological polar surface area (TPSA) is 49.3 Å². The first-order chi connectivity index (χ1) is 8.74. The second-order valence-electron chi connectivity index (χ2n) is 4.49. The maximum atomic E-state index is 11.7. The zero-order valence-electron chi connectivity index (χ0n) is 9.76. The van der Waals surface area contributed by atoms with Crippen molar-refractivity contribution < 1.29 is 9.90 Å². The predicted octanol–water partition coefficient (Wildman–Crippen LogP) is 2.87. The van der Waals surface area contributed by atoms with Gasteiger partial charge in [0.05, 0.1) is 0 Å². The van der Waals surface area contributed by atoms with Gasteiger partial charge in [0.25, 0.3) is 0 Å². The maximum absolute atomic E-state index is 11.7. The van der Waals surface area contributed by atoms with E-state index in [2.05, 4.69) is 5.32 Å². The summed E-state index contributed by atoms with van der Waals surface area (Å²) in [6, 6.07) is 15.1. The molecule has 0 bridgehead atoms. The van der Waals surface area contributed by atoms with Crippen LogP contribution >= 0.6 is 0 Å². The molecule has 3 heteroatoms. The molecule has 2 aromatic carbocycles. The molecule has 0 fully saturated rings. The van der Waals surface area contributed by atoms with Crippen LogP contribution in [0.5, 0.6) is 5.75 Å². The summed E-state index contributed by atoms with van der Waals surface area (Å²) in [5.41, 5.74) is 2.89. The van der Waals surface area contributed by atoms with Gasteiger partial charge < -0.3 is 10.4 Å². The van der Waals surface area contributed by atoms with Crippen LogP contribution in [0.25, 0.3) is 0 Å². The van der Waals surface area contributed by atoms with Gasteiger partial charge in [0.1, 0.15) is 5.75 Å². The highest BCUT2D eigenvalue weighted by molar-refractivity contribution is 5.95. The maximum Gasteiger partial charge on any atom is 0.225 e. The summed E-state index contributed by atoms with van der Waals surface area (Å²) in [4.78, 5) is 11.7. The number of phenols is 1. The Bertz CT molecular complexity index is 593. The van der Waals surface area contributed by atoms with Crippen LogP contribution < -0.4 is 5.32 Å². The summed E-state index contributed by atoms with van der Waals surface area (Å²) in [5.74, 6) is 0.222. The fraction of sp³-hybridized carbons (Fsp3) is 0.133. The molecule has 3 nitrogen and oxygen atoms in total. The fourth-order valence-electron chi connectivity index (χ4n) is 2.44. The number of fused-ring (bicyclic) bond motifs is 1. The van der Waals surface area contributed by atoms with Crippen molar-refractivity contribution in [2.45, 2.75) is 12.3 Å². The van der Waals surface area contributed by atoms with Gasteiger partial charge in [-0.1, -0.05) is 36.4 Å². The highest BCUT2D eigenvalue weighted by Crippen LogP contribution is 2.38. The number of carbonyl (C=O) groups is 1. The van der Waals surface area contributed by atoms with Crippen LogP contribution in [0.4, 0.5) is 5.69 Å². The Morgan fingerprint density at radius 2 is 1.89 bits per heavy atom. The van der Waals surface area contributed by atoms with E-state index in [1.807, 2.05) is 36.4 Å². The van der Waals surface area contributed by atoms with Crippen LogP contribution in [0.2, 0.25) is 0 Å². The molecule has 0 saturated heterocycles. The SMILES string of the molecule is O=C1CC(c2ccccc2)c2ccc(O)cc2N1. The Morgan fingerprint density at radius 3 is 2.67 bits per heavy atom. The van der Waals surface area contributed by atoms with Crippen molar-refractivity contribution in [3.63, 3.8) is 0 Å². The third-order valence-electron chi connectivity index (χ3n) is 3.28. The van der Waals surface area contributed by atoms with Crippen LogP contribution in [0.3, 0.4) is 0 Å². The molecule has 1 aliphatic rings. The number of rotatable bonds is 1. The zero-order chi connectivity index (χ0) is 12.5. The summed E-state index contributed by atoms with van der Waals surface area (Å²) >= 11 is 0. The van der Waals surface area contributed by atoms with Gasteiger partial charge in [-0.2, -0.15) is 0 Å². The summed E-state index contributed by atoms with van der Waals surface area (Å²) < 4.78 is 0. The number of carbonyl (C=O) groups excluding carboxylic acids is 1. The Kier molecular flexibility index (Phi) is 2.52. The Hall–Kier alpha value is -2.29. The van der Waals surface area contributed by atoms with E-state index in [0.29, 0.717) is 12.1 Å². The van der Waals surface area contributed by atoms with E-state index in [9.17, 15) is 9.90 Å². The Morgan fingerprint density at radius 1 is 1.11 bits per heavy atom. The van der Waals surface area contributed by atoms with E-state index < -0.39 is 0 Å². The first kappa shape index (κ1) is 10.8. The van der Waals surface area contributed by atoms with Gasteiger partial charge in [-0.25, -0.2) is 0 Å². The molecule has 1 amide bonds. The molecule has 0 spiro atoms. The Labute approximate surface area is 105 Å². The van der Waals surface area contributed by atoms with Gasteiger partial charge in [-0.3, -0.25) is 4.79 Å². The van der Waals surface area contributed by atoms with Gasteiger partial charge in [-0.15, -0.1) is 0 Å². The number of hydrogen-bond acceptors (Lipinski definition) is 2. The number of amides is 1. The summed E-state index contributed by atoms with van der Waals surface area (Å²) in [6.45, 7) is 0. The molecule has 2 aromatic rings. The van der Waals surface area contributed by atoms with Crippen LogP contribution in [0.15, 0.2) is 48.5 Å². The number of aromatic hydroxyl groups is 1. The number of phenolic OH excluding ortho intramolecular Hbond substituents is 1. The molecule has 0 aliphatic carbocycles. The molecule has 0 saturated carbocycles. The van der Waals surface area contributed by atoms with Crippen molar-refractivity contribution in [3.05, 3.63) is 59.7 Å². The van der Waals surface area contributed by atoms with Crippen molar-refractivity contribution in [2.75, 3.05) is 5.32 Å². The predicted molar refractivity (Wildman–Crippen MR) is 69.6 cm³/mol. The van der Waals surface area contributed by atoms with Crippen molar-refractivity contribution in [2.24, 2.45) is 0 Å². The molecule has 3 rings (SSSR count). The lowest BCUT2D eigenvalue weighted by atomic mass is 9.85. The molecule has 18 heavy (non-hydrogen) atoms. The third-order valence-corrected chi connectivity index (χ3v) is 3.28. The average molecular weight is 239 g/mol. The summed E-state index contributed by atoms with van der Waals surface area (Å²) in [6.07, 6.45) is 0.446. The van der Waals surface area contributed by atoms with Gasteiger partial charge in [0.2, 0.25) is 5.91 Å². The molecule has 1 heterocycles. The molecule has 2 N–H and O–H groups in total. The van der Waals surface area contributed by atoms with Gasteiger partial charge in [0.15, 0.2) is 0 Å². The van der Waals surface area contributed by atoms with E-state index in [4.69, 9.17) is 0 Å². The summed E-state index contributed by atoms with van der Waals surface area (Å²) in [5, 5.41) is 12.3. The lowest BCUT2D eigenvalue weighted by Gasteiger charge is -2.26. The molecule has 90 valence electrons. The minimum atomic E-state index is -0.0121. The smallest absolute Gasteiger partial charge is 0.225 e. The number of nitrogens with one attached hydrogen (secondary N) is 1. The quantitative estimate of drug-likeness (QED) is 0.804. The molecule has 1 aliphatic heterocycles. The standard InChI is InChI=1S/C15H13NO2/c17-11-6-7-12-13(10-4-2-1-3-5-10)9-15(18)16-14(12)8-11/h1-8,13,17H,9H2,(H,16,18). The van der Waals surface area contributed by atoms with Crippen molar-refractivity contribution in [1.29, 1.82) is 0 Å². The second-order valence-corrected chi connectivity index (χ2v) is 4.49. The van der Waals surface area contributed by atoms with Gasteiger partial charge in [0, 0.05) is 24.1 Å².